The van der Waals surface area contributed by atoms with E-state index in [4.69, 9.17) is 5.73 Å². The Morgan fingerprint density at radius 1 is 0.909 bits per heavy atom. The van der Waals surface area contributed by atoms with Crippen molar-refractivity contribution in [3.8, 4) is 11.1 Å². The van der Waals surface area contributed by atoms with Crippen molar-refractivity contribution in [2.75, 3.05) is 28.3 Å². The van der Waals surface area contributed by atoms with Crippen molar-refractivity contribution in [3.63, 3.8) is 0 Å². The highest BCUT2D eigenvalue weighted by Crippen LogP contribution is 2.39. The number of hydrogen-bond acceptors (Lipinski definition) is 5. The van der Waals surface area contributed by atoms with Crippen LogP contribution < -0.4 is 15.5 Å². The molecule has 2 N–H and O–H groups in total. The number of amides is 2. The van der Waals surface area contributed by atoms with E-state index in [9.17, 15) is 18.0 Å². The molecular weight excluding hydrogens is 438 g/mol. The molecule has 1 aliphatic rings. The fraction of sp³-hybridized carbons (Fsp3) is 0.200. The van der Waals surface area contributed by atoms with Gasteiger partial charge in [-0.3, -0.25) is 9.59 Å². The summed E-state index contributed by atoms with van der Waals surface area (Å²) in [7, 11) is -3.30. The second-order valence-electron chi connectivity index (χ2n) is 8.28. The molecule has 3 aromatic rings. The van der Waals surface area contributed by atoms with Crippen molar-refractivity contribution in [2.24, 2.45) is 0 Å². The molecule has 0 fully saturated rings. The highest BCUT2D eigenvalue weighted by Gasteiger charge is 2.34. The van der Waals surface area contributed by atoms with Crippen molar-refractivity contribution < 1.29 is 18.0 Å². The normalized spacial score (nSPS) is 15.8. The lowest BCUT2D eigenvalue weighted by Gasteiger charge is -2.41. The molecule has 2 amide bonds. The topological polar surface area (TPSA) is 101 Å². The second-order valence-corrected chi connectivity index (χ2v) is 10.3. The third-order valence-corrected chi connectivity index (χ3v) is 6.90. The van der Waals surface area contributed by atoms with E-state index in [0.29, 0.717) is 29.2 Å². The molecule has 0 saturated carbocycles. The molecule has 8 heteroatoms. The average Bonchev–Trinajstić information content (AvgIpc) is 2.77. The fourth-order valence-electron chi connectivity index (χ4n) is 4.15. The lowest BCUT2D eigenvalue weighted by Crippen LogP contribution is -2.51. The lowest BCUT2D eigenvalue weighted by atomic mass is 10.00. The Morgan fingerprint density at radius 2 is 1.52 bits per heavy atom. The number of carbonyl (C=O) groups is 2. The molecule has 0 saturated heterocycles. The molecule has 7 nitrogen and oxygen atoms in total. The molecular formula is C25H25N3O4S. The smallest absolute Gasteiger partial charge is 0.258 e. The number of nitrogens with two attached hydrogens (primary N) is 1. The maximum Gasteiger partial charge on any atom is 0.258 e. The summed E-state index contributed by atoms with van der Waals surface area (Å²) in [4.78, 5) is 29.4. The van der Waals surface area contributed by atoms with Gasteiger partial charge < -0.3 is 15.5 Å². The third-order valence-electron chi connectivity index (χ3n) is 5.77. The molecule has 1 heterocycles. The van der Waals surface area contributed by atoms with Crippen LogP contribution in [0.4, 0.5) is 17.1 Å². The standard InChI is InChI=1S/C25H25N3O4S/c1-16-15-27(25(30)19-4-9-21(26)10-5-19)24-14-20(8-13-23(24)28(16)17(2)29)18-6-11-22(12-7-18)33(3,31)32/h4-14,16H,15,26H2,1-3H3/t16-/m0/s1. The first-order chi connectivity index (χ1) is 15.6. The Bertz CT molecular complexity index is 1330. The van der Waals surface area contributed by atoms with Crippen molar-refractivity contribution in [1.29, 1.82) is 0 Å². The van der Waals surface area contributed by atoms with E-state index in [1.54, 1.807) is 58.3 Å². The Hall–Kier alpha value is -3.65. The van der Waals surface area contributed by atoms with Crippen molar-refractivity contribution >= 4 is 38.7 Å². The number of nitrogen functional groups attached to an aromatic ring is 1. The molecule has 0 aromatic heterocycles. The van der Waals surface area contributed by atoms with Crippen LogP contribution in [-0.4, -0.2) is 39.1 Å². The van der Waals surface area contributed by atoms with Gasteiger partial charge in [0.25, 0.3) is 5.91 Å². The molecule has 0 aliphatic carbocycles. The Labute approximate surface area is 193 Å². The first-order valence-electron chi connectivity index (χ1n) is 10.5. The van der Waals surface area contributed by atoms with Crippen LogP contribution in [0.25, 0.3) is 11.1 Å². The van der Waals surface area contributed by atoms with Crippen LogP contribution in [-0.2, 0) is 14.6 Å². The minimum Gasteiger partial charge on any atom is -0.399 e. The molecule has 170 valence electrons. The zero-order valence-electron chi connectivity index (χ0n) is 18.6. The largest absolute Gasteiger partial charge is 0.399 e. The van der Waals surface area contributed by atoms with Gasteiger partial charge in [-0.25, -0.2) is 8.42 Å². The molecule has 33 heavy (non-hydrogen) atoms. The summed E-state index contributed by atoms with van der Waals surface area (Å²) in [5.41, 5.74) is 9.73. The summed E-state index contributed by atoms with van der Waals surface area (Å²) < 4.78 is 23.6. The zero-order valence-corrected chi connectivity index (χ0v) is 19.5. The Balaban J connectivity index is 1.81. The van der Waals surface area contributed by atoms with Crippen LogP contribution in [0, 0.1) is 0 Å². The fourth-order valence-corrected chi connectivity index (χ4v) is 4.78. The summed E-state index contributed by atoms with van der Waals surface area (Å²) in [6.07, 6.45) is 1.17. The number of fused-ring (bicyclic) bond motifs is 1. The van der Waals surface area contributed by atoms with E-state index in [1.807, 2.05) is 25.1 Å². The maximum absolute atomic E-state index is 13.4. The minimum absolute atomic E-state index is 0.103. The minimum atomic E-state index is -3.30. The summed E-state index contributed by atoms with van der Waals surface area (Å²) in [6, 6.07) is 18.7. The number of hydrogen-bond donors (Lipinski definition) is 1. The number of benzene rings is 3. The number of rotatable bonds is 3. The first-order valence-corrected chi connectivity index (χ1v) is 12.4. The van der Waals surface area contributed by atoms with Gasteiger partial charge >= 0.3 is 0 Å². The lowest BCUT2D eigenvalue weighted by molar-refractivity contribution is -0.117. The van der Waals surface area contributed by atoms with E-state index in [1.165, 1.54) is 13.2 Å². The van der Waals surface area contributed by atoms with Gasteiger partial charge in [0.15, 0.2) is 9.84 Å². The van der Waals surface area contributed by atoms with Crippen molar-refractivity contribution in [2.45, 2.75) is 24.8 Å². The van der Waals surface area contributed by atoms with E-state index in [0.717, 1.165) is 11.1 Å². The Kier molecular flexibility index (Phi) is 5.71. The number of carbonyl (C=O) groups excluding carboxylic acids is 2. The zero-order chi connectivity index (χ0) is 23.9. The van der Waals surface area contributed by atoms with Crippen molar-refractivity contribution in [3.05, 3.63) is 72.3 Å². The van der Waals surface area contributed by atoms with Crippen LogP contribution >= 0.6 is 0 Å². The summed E-state index contributed by atoms with van der Waals surface area (Å²) in [5.74, 6) is -0.288. The van der Waals surface area contributed by atoms with Gasteiger partial charge in [0.05, 0.1) is 22.3 Å². The van der Waals surface area contributed by atoms with Crippen LogP contribution in [0.3, 0.4) is 0 Å². The maximum atomic E-state index is 13.4. The van der Waals surface area contributed by atoms with Crippen LogP contribution in [0.5, 0.6) is 0 Å². The summed E-state index contributed by atoms with van der Waals surface area (Å²) in [6.45, 7) is 3.76. The predicted molar refractivity (Wildman–Crippen MR) is 130 cm³/mol. The van der Waals surface area contributed by atoms with Gasteiger partial charge in [-0.15, -0.1) is 0 Å². The molecule has 1 aliphatic heterocycles. The Morgan fingerprint density at radius 3 is 2.09 bits per heavy atom. The highest BCUT2D eigenvalue weighted by molar-refractivity contribution is 7.90. The van der Waals surface area contributed by atoms with Gasteiger partial charge in [0, 0.05) is 31.0 Å². The predicted octanol–water partition coefficient (Wildman–Crippen LogP) is 3.74. The van der Waals surface area contributed by atoms with Crippen LogP contribution in [0.2, 0.25) is 0 Å². The van der Waals surface area contributed by atoms with Gasteiger partial charge in [0.1, 0.15) is 0 Å². The molecule has 1 atom stereocenters. The first kappa shape index (κ1) is 22.5. The second kappa shape index (κ2) is 8.37. The third kappa shape index (κ3) is 4.34. The van der Waals surface area contributed by atoms with Gasteiger partial charge in [-0.2, -0.15) is 0 Å². The molecule has 0 spiro atoms. The average molecular weight is 464 g/mol. The van der Waals surface area contributed by atoms with E-state index >= 15 is 0 Å². The van der Waals surface area contributed by atoms with Crippen LogP contribution in [0.1, 0.15) is 24.2 Å². The summed E-state index contributed by atoms with van der Waals surface area (Å²) >= 11 is 0. The molecule has 0 unspecified atom stereocenters. The van der Waals surface area contributed by atoms with Gasteiger partial charge in [-0.1, -0.05) is 18.2 Å². The SMILES string of the molecule is CC(=O)N1c2ccc(-c3ccc(S(C)(=O)=O)cc3)cc2N(C(=O)c2ccc(N)cc2)C[C@@H]1C. The van der Waals surface area contributed by atoms with Gasteiger partial charge in [-0.05, 0) is 66.6 Å². The van der Waals surface area contributed by atoms with E-state index in [2.05, 4.69) is 0 Å². The molecule has 3 aromatic carbocycles. The highest BCUT2D eigenvalue weighted by atomic mass is 32.2. The van der Waals surface area contributed by atoms with E-state index < -0.39 is 9.84 Å². The number of anilines is 3. The monoisotopic (exact) mass is 463 g/mol. The quantitative estimate of drug-likeness (QED) is 0.597. The van der Waals surface area contributed by atoms with Gasteiger partial charge in [0.2, 0.25) is 5.91 Å². The summed E-state index contributed by atoms with van der Waals surface area (Å²) in [5, 5.41) is 0. The molecule has 0 radical (unpaired) electrons. The molecule has 0 bridgehead atoms. The number of nitrogens with zero attached hydrogens (tertiary/aromatic N) is 2. The van der Waals surface area contributed by atoms with Crippen molar-refractivity contribution in [1.82, 2.24) is 0 Å². The molecule has 4 rings (SSSR count). The van der Waals surface area contributed by atoms with E-state index in [-0.39, 0.29) is 22.8 Å². The van der Waals surface area contributed by atoms with Crippen LogP contribution in [0.15, 0.2) is 71.6 Å². The number of sulfone groups is 1.